The van der Waals surface area contributed by atoms with Crippen molar-refractivity contribution in [2.24, 2.45) is 0 Å². The number of hydrogen-bond donors (Lipinski definition) is 1. The van der Waals surface area contributed by atoms with Crippen molar-refractivity contribution in [3.8, 4) is 0 Å². The van der Waals surface area contributed by atoms with Crippen molar-refractivity contribution >= 4 is 0 Å². The van der Waals surface area contributed by atoms with Crippen molar-refractivity contribution in [1.82, 2.24) is 5.32 Å². The molecule has 1 fully saturated rings. The smallest absolute Gasteiger partial charge is 0.0576 e. The molecule has 0 bridgehead atoms. The molecule has 0 aromatic heterocycles. The lowest BCUT2D eigenvalue weighted by molar-refractivity contribution is 0.101. The lowest BCUT2D eigenvalue weighted by atomic mass is 10.00. The molecule has 2 nitrogen and oxygen atoms in total. The van der Waals surface area contributed by atoms with Gasteiger partial charge < -0.3 is 10.1 Å². The van der Waals surface area contributed by atoms with E-state index in [1.807, 2.05) is 0 Å². The molecule has 0 spiro atoms. The van der Waals surface area contributed by atoms with Gasteiger partial charge in [0.1, 0.15) is 0 Å². The Morgan fingerprint density at radius 1 is 1.05 bits per heavy atom. The highest BCUT2D eigenvalue weighted by molar-refractivity contribution is 4.70. The van der Waals surface area contributed by atoms with Crippen LogP contribution in [0.2, 0.25) is 0 Å². The van der Waals surface area contributed by atoms with Crippen LogP contribution in [0, 0.1) is 0 Å². The Balaban J connectivity index is 2.02. The Kier molecular flexibility index (Phi) is 10.5. The topological polar surface area (TPSA) is 21.3 Å². The van der Waals surface area contributed by atoms with Crippen molar-refractivity contribution in [1.29, 1.82) is 0 Å². The summed E-state index contributed by atoms with van der Waals surface area (Å²) in [7, 11) is 0. The van der Waals surface area contributed by atoms with Crippen LogP contribution in [0.1, 0.15) is 84.5 Å². The van der Waals surface area contributed by atoms with Gasteiger partial charge in [-0.1, -0.05) is 46.0 Å². The average molecular weight is 269 g/mol. The summed E-state index contributed by atoms with van der Waals surface area (Å²) in [6.07, 6.45) is 15.4. The lowest BCUT2D eigenvalue weighted by Crippen LogP contribution is -2.29. The van der Waals surface area contributed by atoms with E-state index in [4.69, 9.17) is 4.74 Å². The molecule has 0 aromatic rings. The van der Waals surface area contributed by atoms with Gasteiger partial charge in [0.05, 0.1) is 6.10 Å². The van der Waals surface area contributed by atoms with E-state index in [1.54, 1.807) is 0 Å². The summed E-state index contributed by atoms with van der Waals surface area (Å²) in [4.78, 5) is 0. The third-order valence-corrected chi connectivity index (χ3v) is 4.25. The Labute approximate surface area is 120 Å². The van der Waals surface area contributed by atoms with E-state index in [0.717, 1.165) is 19.2 Å². The van der Waals surface area contributed by atoms with Crippen molar-refractivity contribution in [3.63, 3.8) is 0 Å². The molecule has 114 valence electrons. The van der Waals surface area contributed by atoms with E-state index in [2.05, 4.69) is 19.2 Å². The molecule has 0 amide bonds. The highest BCUT2D eigenvalue weighted by Crippen LogP contribution is 2.19. The lowest BCUT2D eigenvalue weighted by Gasteiger charge is -2.18. The summed E-state index contributed by atoms with van der Waals surface area (Å²) in [5.41, 5.74) is 0. The van der Waals surface area contributed by atoms with Crippen LogP contribution in [0.4, 0.5) is 0 Å². The molecule has 1 rings (SSSR count). The molecular formula is C17H35NO. The second-order valence-corrected chi connectivity index (χ2v) is 6.02. The first-order chi connectivity index (χ1) is 9.36. The molecule has 1 aliphatic heterocycles. The fourth-order valence-corrected chi connectivity index (χ4v) is 3.10. The fraction of sp³-hybridized carbons (Fsp3) is 1.00. The third kappa shape index (κ3) is 8.65. The van der Waals surface area contributed by atoms with E-state index >= 15 is 0 Å². The minimum atomic E-state index is 0.576. The van der Waals surface area contributed by atoms with Crippen molar-refractivity contribution in [2.75, 3.05) is 13.2 Å². The van der Waals surface area contributed by atoms with Crippen LogP contribution >= 0.6 is 0 Å². The summed E-state index contributed by atoms with van der Waals surface area (Å²) < 4.78 is 5.70. The molecule has 2 atom stereocenters. The SMILES string of the molecule is CCCCCCCC(CCCC1CCCO1)NCC. The van der Waals surface area contributed by atoms with Gasteiger partial charge in [-0.3, -0.25) is 0 Å². The molecule has 2 heteroatoms. The van der Waals surface area contributed by atoms with Crippen molar-refractivity contribution < 1.29 is 4.74 Å². The highest BCUT2D eigenvalue weighted by Gasteiger charge is 2.15. The molecule has 0 saturated carbocycles. The molecule has 1 N–H and O–H groups in total. The van der Waals surface area contributed by atoms with Gasteiger partial charge >= 0.3 is 0 Å². The van der Waals surface area contributed by atoms with Crippen LogP contribution in [0.3, 0.4) is 0 Å². The second kappa shape index (κ2) is 11.7. The van der Waals surface area contributed by atoms with Gasteiger partial charge in [-0.05, 0) is 45.1 Å². The zero-order valence-corrected chi connectivity index (χ0v) is 13.3. The van der Waals surface area contributed by atoms with E-state index in [1.165, 1.54) is 70.6 Å². The van der Waals surface area contributed by atoms with Crippen LogP contribution in [0.15, 0.2) is 0 Å². The first-order valence-corrected chi connectivity index (χ1v) is 8.71. The quantitative estimate of drug-likeness (QED) is 0.520. The normalized spacial score (nSPS) is 20.8. The zero-order valence-electron chi connectivity index (χ0n) is 13.3. The zero-order chi connectivity index (χ0) is 13.8. The molecule has 0 aliphatic carbocycles. The summed E-state index contributed by atoms with van der Waals surface area (Å²) >= 11 is 0. The van der Waals surface area contributed by atoms with Gasteiger partial charge in [0.15, 0.2) is 0 Å². The van der Waals surface area contributed by atoms with Crippen molar-refractivity contribution in [3.05, 3.63) is 0 Å². The number of unbranched alkanes of at least 4 members (excludes halogenated alkanes) is 4. The van der Waals surface area contributed by atoms with Gasteiger partial charge in [0.2, 0.25) is 0 Å². The van der Waals surface area contributed by atoms with Gasteiger partial charge in [0, 0.05) is 12.6 Å². The summed E-state index contributed by atoms with van der Waals surface area (Å²) in [5.74, 6) is 0. The third-order valence-electron chi connectivity index (χ3n) is 4.25. The van der Waals surface area contributed by atoms with E-state index in [9.17, 15) is 0 Å². The Bertz CT molecular complexity index is 190. The van der Waals surface area contributed by atoms with E-state index < -0.39 is 0 Å². The molecule has 0 radical (unpaired) electrons. The molecule has 1 saturated heterocycles. The monoisotopic (exact) mass is 269 g/mol. The number of hydrogen-bond acceptors (Lipinski definition) is 2. The first kappa shape index (κ1) is 17.0. The highest BCUT2D eigenvalue weighted by atomic mass is 16.5. The molecular weight excluding hydrogens is 234 g/mol. The van der Waals surface area contributed by atoms with Gasteiger partial charge in [0.25, 0.3) is 0 Å². The predicted octanol–water partition coefficient (Wildman–Crippen LogP) is 4.67. The van der Waals surface area contributed by atoms with Crippen LogP contribution in [0.5, 0.6) is 0 Å². The second-order valence-electron chi connectivity index (χ2n) is 6.02. The summed E-state index contributed by atoms with van der Waals surface area (Å²) in [6.45, 7) is 6.62. The molecule has 1 aliphatic rings. The Morgan fingerprint density at radius 2 is 1.84 bits per heavy atom. The Morgan fingerprint density at radius 3 is 2.53 bits per heavy atom. The molecule has 19 heavy (non-hydrogen) atoms. The summed E-state index contributed by atoms with van der Waals surface area (Å²) in [5, 5.41) is 3.66. The Hall–Kier alpha value is -0.0800. The van der Waals surface area contributed by atoms with Crippen molar-refractivity contribution in [2.45, 2.75) is 96.6 Å². The van der Waals surface area contributed by atoms with Gasteiger partial charge in [-0.15, -0.1) is 0 Å². The predicted molar refractivity (Wildman–Crippen MR) is 83.7 cm³/mol. The number of ether oxygens (including phenoxy) is 1. The average Bonchev–Trinajstić information content (AvgIpc) is 2.91. The first-order valence-electron chi connectivity index (χ1n) is 8.71. The fourth-order valence-electron chi connectivity index (χ4n) is 3.10. The molecule has 2 unspecified atom stereocenters. The molecule has 0 aromatic carbocycles. The standard InChI is InChI=1S/C17H35NO/c1-3-5-6-7-8-11-16(18-4-2)12-9-13-17-14-10-15-19-17/h16-18H,3-15H2,1-2H3. The van der Waals surface area contributed by atoms with Crippen LogP contribution < -0.4 is 5.32 Å². The summed E-state index contributed by atoms with van der Waals surface area (Å²) in [6, 6.07) is 0.744. The minimum Gasteiger partial charge on any atom is -0.378 e. The molecule has 1 heterocycles. The maximum atomic E-state index is 5.70. The van der Waals surface area contributed by atoms with Crippen LogP contribution in [0.25, 0.3) is 0 Å². The van der Waals surface area contributed by atoms with Crippen LogP contribution in [-0.4, -0.2) is 25.3 Å². The van der Waals surface area contributed by atoms with Crippen LogP contribution in [-0.2, 0) is 4.74 Å². The number of rotatable bonds is 12. The minimum absolute atomic E-state index is 0.576. The largest absolute Gasteiger partial charge is 0.378 e. The maximum Gasteiger partial charge on any atom is 0.0576 e. The van der Waals surface area contributed by atoms with E-state index in [-0.39, 0.29) is 0 Å². The van der Waals surface area contributed by atoms with Gasteiger partial charge in [-0.2, -0.15) is 0 Å². The van der Waals surface area contributed by atoms with E-state index in [0.29, 0.717) is 6.10 Å². The maximum absolute atomic E-state index is 5.70. The number of nitrogens with one attached hydrogen (secondary N) is 1. The van der Waals surface area contributed by atoms with Gasteiger partial charge in [-0.25, -0.2) is 0 Å².